The number of unbranched alkanes of at least 4 members (excludes halogenated alkanes) is 1. The van der Waals surface area contributed by atoms with E-state index >= 15 is 0 Å². The van der Waals surface area contributed by atoms with E-state index in [-0.39, 0.29) is 5.41 Å². The van der Waals surface area contributed by atoms with Gasteiger partial charge in [-0.15, -0.1) is 0 Å². The van der Waals surface area contributed by atoms with Crippen LogP contribution in [0.5, 0.6) is 11.5 Å². The molecule has 0 saturated carbocycles. The molecule has 36 heavy (non-hydrogen) atoms. The highest BCUT2D eigenvalue weighted by Gasteiger charge is 2.39. The molecule has 1 unspecified atom stereocenters. The third-order valence-corrected chi connectivity index (χ3v) is 7.13. The topological polar surface area (TPSA) is 72.8 Å². The van der Waals surface area contributed by atoms with Gasteiger partial charge in [-0.25, -0.2) is 9.59 Å². The number of carbonyl (C=O) groups excluding carboxylic acids is 1. The van der Waals surface area contributed by atoms with E-state index in [4.69, 9.17) is 9.47 Å². The quantitative estimate of drug-likeness (QED) is 0.246. The second kappa shape index (κ2) is 12.6. The first kappa shape index (κ1) is 27.3. The van der Waals surface area contributed by atoms with Crippen molar-refractivity contribution in [3.05, 3.63) is 83.0 Å². The average Bonchev–Trinajstić information content (AvgIpc) is 2.90. The van der Waals surface area contributed by atoms with Gasteiger partial charge in [0.05, 0.1) is 17.7 Å². The van der Waals surface area contributed by atoms with E-state index < -0.39 is 11.9 Å². The summed E-state index contributed by atoms with van der Waals surface area (Å²) in [6.07, 6.45) is 9.45. The summed E-state index contributed by atoms with van der Waals surface area (Å²) in [6.45, 7) is 9.13. The van der Waals surface area contributed by atoms with Crippen LogP contribution in [-0.2, 0) is 10.2 Å². The Morgan fingerprint density at radius 3 is 2.22 bits per heavy atom. The highest BCUT2D eigenvalue weighted by atomic mass is 16.5. The van der Waals surface area contributed by atoms with Crippen LogP contribution in [0.1, 0.15) is 82.1 Å². The lowest BCUT2D eigenvalue weighted by Crippen LogP contribution is -2.35. The Bertz CT molecular complexity index is 1090. The Balaban J connectivity index is 1.81. The predicted molar refractivity (Wildman–Crippen MR) is 143 cm³/mol. The number of hydrogen-bond acceptors (Lipinski definition) is 4. The fourth-order valence-electron chi connectivity index (χ4n) is 4.89. The third-order valence-electron chi connectivity index (χ3n) is 7.13. The molecule has 1 aliphatic rings. The van der Waals surface area contributed by atoms with Gasteiger partial charge in [0.15, 0.2) is 0 Å². The zero-order valence-electron chi connectivity index (χ0n) is 21.9. The monoisotopic (exact) mass is 490 g/mol. The van der Waals surface area contributed by atoms with E-state index in [2.05, 4.69) is 19.9 Å². The highest BCUT2D eigenvalue weighted by molar-refractivity contribution is 5.92. The summed E-state index contributed by atoms with van der Waals surface area (Å²) < 4.78 is 11.2. The van der Waals surface area contributed by atoms with Crippen molar-refractivity contribution in [1.82, 2.24) is 0 Å². The Morgan fingerprint density at radius 2 is 1.64 bits per heavy atom. The smallest absolute Gasteiger partial charge is 0.343 e. The first-order valence-corrected chi connectivity index (χ1v) is 13.0. The molecule has 1 N–H and O–H groups in total. The molecule has 0 spiro atoms. The Labute approximate surface area is 214 Å². The average molecular weight is 491 g/mol. The van der Waals surface area contributed by atoms with E-state index in [0.29, 0.717) is 42.3 Å². The van der Waals surface area contributed by atoms with Crippen LogP contribution in [-0.4, -0.2) is 23.7 Å². The number of carboxylic acids is 1. The minimum atomic E-state index is -0.870. The van der Waals surface area contributed by atoms with Crippen molar-refractivity contribution >= 4 is 11.9 Å². The zero-order chi connectivity index (χ0) is 26.1. The molecule has 5 nitrogen and oxygen atoms in total. The summed E-state index contributed by atoms with van der Waals surface area (Å²) in [6, 6.07) is 14.6. The molecule has 0 amide bonds. The van der Waals surface area contributed by atoms with Gasteiger partial charge in [-0.1, -0.05) is 70.4 Å². The third kappa shape index (κ3) is 6.26. The lowest BCUT2D eigenvalue weighted by molar-refractivity contribution is -0.132. The van der Waals surface area contributed by atoms with Gasteiger partial charge in [-0.3, -0.25) is 0 Å². The van der Waals surface area contributed by atoms with Crippen LogP contribution in [0.25, 0.3) is 0 Å². The number of carboxylic acid groups (broad SMARTS) is 1. The van der Waals surface area contributed by atoms with E-state index in [1.165, 1.54) is 0 Å². The molecule has 3 rings (SSSR count). The van der Waals surface area contributed by atoms with Crippen molar-refractivity contribution in [2.75, 3.05) is 6.61 Å². The van der Waals surface area contributed by atoms with Gasteiger partial charge < -0.3 is 14.6 Å². The van der Waals surface area contributed by atoms with Gasteiger partial charge in [-0.2, -0.15) is 0 Å². The van der Waals surface area contributed by atoms with Crippen LogP contribution in [0.4, 0.5) is 0 Å². The summed E-state index contributed by atoms with van der Waals surface area (Å²) in [5, 5.41) is 9.66. The van der Waals surface area contributed by atoms with E-state index in [9.17, 15) is 14.7 Å². The Kier molecular flexibility index (Phi) is 9.51. The number of rotatable bonds is 12. The molecule has 2 atom stereocenters. The largest absolute Gasteiger partial charge is 0.494 e. The standard InChI is InChI=1S/C31H38O5/c1-5-8-9-22(4)31(19-18-28(29(32)33)23(7-3)21-31)25-12-16-27(17-13-25)36-30(34)24-10-14-26(15-11-24)35-20-6-2/h10-19,22H,5-9,20-21H2,1-4H3,(H,32,33)/t22?,31-/m1/s1. The lowest BCUT2D eigenvalue weighted by Gasteiger charge is -2.41. The molecule has 2 aromatic carbocycles. The minimum Gasteiger partial charge on any atom is -0.494 e. The fraction of sp³-hybridized carbons (Fsp3) is 0.419. The number of aliphatic carboxylic acids is 1. The summed E-state index contributed by atoms with van der Waals surface area (Å²) >= 11 is 0. The van der Waals surface area contributed by atoms with Gasteiger partial charge in [0, 0.05) is 5.41 Å². The first-order chi connectivity index (χ1) is 17.3. The molecule has 0 bridgehead atoms. The summed E-state index contributed by atoms with van der Waals surface area (Å²) in [5.74, 6) is 0.240. The Morgan fingerprint density at radius 1 is 0.972 bits per heavy atom. The number of benzene rings is 2. The van der Waals surface area contributed by atoms with Gasteiger partial charge in [0.25, 0.3) is 0 Å². The summed E-state index contributed by atoms with van der Waals surface area (Å²) in [4.78, 5) is 24.4. The van der Waals surface area contributed by atoms with E-state index in [0.717, 1.165) is 42.6 Å². The molecule has 192 valence electrons. The highest BCUT2D eigenvalue weighted by Crippen LogP contribution is 2.46. The van der Waals surface area contributed by atoms with Crippen LogP contribution in [0.15, 0.2) is 71.8 Å². The molecule has 0 heterocycles. The van der Waals surface area contributed by atoms with Crippen molar-refractivity contribution in [3.8, 4) is 11.5 Å². The van der Waals surface area contributed by atoms with Crippen molar-refractivity contribution in [2.45, 2.75) is 71.6 Å². The zero-order valence-corrected chi connectivity index (χ0v) is 21.9. The second-order valence-electron chi connectivity index (χ2n) is 9.56. The van der Waals surface area contributed by atoms with Crippen LogP contribution in [0, 0.1) is 5.92 Å². The first-order valence-electron chi connectivity index (χ1n) is 13.0. The molecule has 0 saturated heterocycles. The number of hydrogen-bond donors (Lipinski definition) is 1. The minimum absolute atomic E-state index is 0.295. The van der Waals surface area contributed by atoms with Gasteiger partial charge in [0.1, 0.15) is 11.5 Å². The van der Waals surface area contributed by atoms with Crippen LogP contribution in [0.2, 0.25) is 0 Å². The second-order valence-corrected chi connectivity index (χ2v) is 9.56. The van der Waals surface area contributed by atoms with Crippen molar-refractivity contribution in [1.29, 1.82) is 0 Å². The predicted octanol–water partition coefficient (Wildman–Crippen LogP) is 7.51. The maximum atomic E-state index is 12.7. The molecule has 5 heteroatoms. The van der Waals surface area contributed by atoms with E-state index in [1.807, 2.05) is 38.1 Å². The SMILES string of the molecule is CCCCC(C)[C@@]1(c2ccc(OC(=O)c3ccc(OCCC)cc3)cc2)C=CC(C(=O)O)=C(CC)C1. The van der Waals surface area contributed by atoms with Crippen molar-refractivity contribution in [3.63, 3.8) is 0 Å². The molecule has 1 aliphatic carbocycles. The van der Waals surface area contributed by atoms with Crippen LogP contribution < -0.4 is 9.47 Å². The number of ether oxygens (including phenoxy) is 2. The molecular weight excluding hydrogens is 452 g/mol. The van der Waals surface area contributed by atoms with Crippen LogP contribution in [0.3, 0.4) is 0 Å². The normalized spacial score (nSPS) is 18.1. The molecule has 0 fully saturated rings. The van der Waals surface area contributed by atoms with Gasteiger partial charge in [0.2, 0.25) is 0 Å². The fourth-order valence-corrected chi connectivity index (χ4v) is 4.89. The number of allylic oxidation sites excluding steroid dienone is 2. The number of carbonyl (C=O) groups is 2. The summed E-state index contributed by atoms with van der Waals surface area (Å²) in [7, 11) is 0. The van der Waals surface area contributed by atoms with Gasteiger partial charge >= 0.3 is 11.9 Å². The lowest BCUT2D eigenvalue weighted by atomic mass is 9.63. The van der Waals surface area contributed by atoms with Crippen LogP contribution >= 0.6 is 0 Å². The molecular formula is C31H38O5. The van der Waals surface area contributed by atoms with Gasteiger partial charge in [-0.05, 0) is 73.6 Å². The molecule has 0 aliphatic heterocycles. The maximum absolute atomic E-state index is 12.7. The van der Waals surface area contributed by atoms with Crippen molar-refractivity contribution < 1.29 is 24.2 Å². The summed E-state index contributed by atoms with van der Waals surface area (Å²) in [5.41, 5.74) is 2.65. The number of esters is 1. The van der Waals surface area contributed by atoms with Crippen molar-refractivity contribution in [2.24, 2.45) is 5.92 Å². The van der Waals surface area contributed by atoms with E-state index in [1.54, 1.807) is 30.3 Å². The molecule has 2 aromatic rings. The maximum Gasteiger partial charge on any atom is 0.343 e. The Hall–Kier alpha value is -3.34. The molecule has 0 radical (unpaired) electrons. The molecule has 0 aromatic heterocycles.